The largest absolute Gasteiger partial charge is 0.496 e. The third-order valence-corrected chi connectivity index (χ3v) is 4.93. The van der Waals surface area contributed by atoms with Gasteiger partial charge in [0.1, 0.15) is 11.4 Å². The van der Waals surface area contributed by atoms with Gasteiger partial charge >= 0.3 is 0 Å². The van der Waals surface area contributed by atoms with E-state index in [0.717, 1.165) is 18.8 Å². The van der Waals surface area contributed by atoms with Gasteiger partial charge in [0.25, 0.3) is 5.69 Å². The standard InChI is InChI=1S/C19H20ClN3O4/c1-27-16-5-6-17(18(12-16)23(25)26)21-19(24)13-7-9-22(10-8-13)15-4-2-3-14(20)11-15/h2-6,11-13H,7-10H2,1H3,(H,21,24). The summed E-state index contributed by atoms with van der Waals surface area (Å²) in [6, 6.07) is 12.0. The van der Waals surface area contributed by atoms with Crippen LogP contribution in [0, 0.1) is 16.0 Å². The summed E-state index contributed by atoms with van der Waals surface area (Å²) in [5.41, 5.74) is 1.04. The molecule has 2 aromatic rings. The van der Waals surface area contributed by atoms with Gasteiger partial charge in [-0.25, -0.2) is 0 Å². The van der Waals surface area contributed by atoms with Crippen molar-refractivity contribution in [2.24, 2.45) is 5.92 Å². The van der Waals surface area contributed by atoms with Gasteiger partial charge in [-0.1, -0.05) is 17.7 Å². The highest BCUT2D eigenvalue weighted by Gasteiger charge is 2.27. The summed E-state index contributed by atoms with van der Waals surface area (Å²) in [6.07, 6.45) is 1.34. The summed E-state index contributed by atoms with van der Waals surface area (Å²) >= 11 is 6.04. The van der Waals surface area contributed by atoms with Gasteiger partial charge in [-0.05, 0) is 43.2 Å². The van der Waals surface area contributed by atoms with Crippen molar-refractivity contribution < 1.29 is 14.5 Å². The minimum Gasteiger partial charge on any atom is -0.496 e. The number of methoxy groups -OCH3 is 1. The summed E-state index contributed by atoms with van der Waals surface area (Å²) < 4.78 is 5.01. The Balaban J connectivity index is 1.64. The fourth-order valence-corrected chi connectivity index (χ4v) is 3.39. The number of nitrogens with one attached hydrogen (secondary N) is 1. The van der Waals surface area contributed by atoms with E-state index in [1.165, 1.54) is 19.2 Å². The van der Waals surface area contributed by atoms with Gasteiger partial charge < -0.3 is 15.0 Å². The van der Waals surface area contributed by atoms with Gasteiger partial charge in [0.2, 0.25) is 5.91 Å². The summed E-state index contributed by atoms with van der Waals surface area (Å²) in [5, 5.41) is 14.6. The number of hydrogen-bond donors (Lipinski definition) is 1. The fourth-order valence-electron chi connectivity index (χ4n) is 3.20. The van der Waals surface area contributed by atoms with E-state index in [0.29, 0.717) is 23.6 Å². The van der Waals surface area contributed by atoms with Gasteiger partial charge in [0, 0.05) is 29.7 Å². The quantitative estimate of drug-likeness (QED) is 0.614. The first kappa shape index (κ1) is 19.0. The molecule has 0 unspecified atom stereocenters. The Morgan fingerprint density at radius 2 is 2.00 bits per heavy atom. The Bertz CT molecular complexity index is 851. The normalized spacial score (nSPS) is 14.7. The highest BCUT2D eigenvalue weighted by atomic mass is 35.5. The number of rotatable bonds is 5. The SMILES string of the molecule is COc1ccc(NC(=O)C2CCN(c3cccc(Cl)c3)CC2)c([N+](=O)[O-])c1. The van der Waals surface area contributed by atoms with Crippen molar-refractivity contribution in [3.63, 3.8) is 0 Å². The number of carbonyl (C=O) groups is 1. The van der Waals surface area contributed by atoms with Crippen LogP contribution in [0.5, 0.6) is 5.75 Å². The average molecular weight is 390 g/mol. The van der Waals surface area contributed by atoms with E-state index in [2.05, 4.69) is 10.2 Å². The van der Waals surface area contributed by atoms with Crippen LogP contribution >= 0.6 is 11.6 Å². The Hall–Kier alpha value is -2.80. The highest BCUT2D eigenvalue weighted by molar-refractivity contribution is 6.30. The Morgan fingerprint density at radius 1 is 1.26 bits per heavy atom. The molecule has 1 amide bonds. The van der Waals surface area contributed by atoms with Crippen LogP contribution in [0.1, 0.15) is 12.8 Å². The first-order valence-corrected chi connectivity index (χ1v) is 8.99. The summed E-state index contributed by atoms with van der Waals surface area (Å²) in [5.74, 6) is -0.0225. The molecule has 8 heteroatoms. The summed E-state index contributed by atoms with van der Waals surface area (Å²) in [7, 11) is 1.44. The van der Waals surface area contributed by atoms with Crippen molar-refractivity contribution in [1.29, 1.82) is 0 Å². The maximum absolute atomic E-state index is 12.6. The molecule has 0 spiro atoms. The molecular formula is C19H20ClN3O4. The second kappa shape index (κ2) is 8.26. The summed E-state index contributed by atoms with van der Waals surface area (Å²) in [6.45, 7) is 1.45. The summed E-state index contributed by atoms with van der Waals surface area (Å²) in [4.78, 5) is 25.5. The molecule has 0 aliphatic carbocycles. The number of hydrogen-bond acceptors (Lipinski definition) is 5. The molecule has 0 atom stereocenters. The van der Waals surface area contributed by atoms with Gasteiger partial charge in [-0.2, -0.15) is 0 Å². The number of piperidine rings is 1. The van der Waals surface area contributed by atoms with Crippen molar-refractivity contribution in [2.45, 2.75) is 12.8 Å². The van der Waals surface area contributed by atoms with Crippen molar-refractivity contribution >= 4 is 34.6 Å². The minimum atomic E-state index is -0.528. The van der Waals surface area contributed by atoms with E-state index in [-0.39, 0.29) is 23.2 Å². The molecule has 1 aliphatic heterocycles. The van der Waals surface area contributed by atoms with Crippen LogP contribution in [0.25, 0.3) is 0 Å². The third kappa shape index (κ3) is 4.49. The maximum atomic E-state index is 12.6. The van der Waals surface area contributed by atoms with Crippen LogP contribution in [-0.4, -0.2) is 31.0 Å². The molecule has 1 N–H and O–H groups in total. The van der Waals surface area contributed by atoms with Gasteiger partial charge in [-0.15, -0.1) is 0 Å². The monoisotopic (exact) mass is 389 g/mol. The molecule has 1 aliphatic rings. The topological polar surface area (TPSA) is 84.7 Å². The van der Waals surface area contributed by atoms with Crippen molar-refractivity contribution in [3.8, 4) is 5.75 Å². The molecule has 1 heterocycles. The van der Waals surface area contributed by atoms with Gasteiger partial charge in [0.05, 0.1) is 18.1 Å². The number of nitro benzene ring substituents is 1. The van der Waals surface area contributed by atoms with Crippen LogP contribution < -0.4 is 15.0 Å². The molecule has 0 aromatic heterocycles. The van der Waals surface area contributed by atoms with Crippen LogP contribution in [-0.2, 0) is 4.79 Å². The minimum absolute atomic E-state index is 0.181. The number of nitrogens with zero attached hydrogens (tertiary/aromatic N) is 2. The number of anilines is 2. The zero-order chi connectivity index (χ0) is 19.4. The molecule has 1 saturated heterocycles. The second-order valence-corrected chi connectivity index (χ2v) is 6.81. The van der Waals surface area contributed by atoms with Crippen LogP contribution in [0.15, 0.2) is 42.5 Å². The Morgan fingerprint density at radius 3 is 2.63 bits per heavy atom. The number of ether oxygens (including phenoxy) is 1. The molecule has 142 valence electrons. The first-order valence-electron chi connectivity index (χ1n) is 8.61. The van der Waals surface area contributed by atoms with E-state index in [4.69, 9.17) is 16.3 Å². The zero-order valence-electron chi connectivity index (χ0n) is 14.9. The number of benzene rings is 2. The smallest absolute Gasteiger partial charge is 0.296 e. The van der Waals surface area contributed by atoms with Gasteiger partial charge in [0.15, 0.2) is 0 Å². The van der Waals surface area contributed by atoms with E-state index >= 15 is 0 Å². The van der Waals surface area contributed by atoms with E-state index in [1.54, 1.807) is 6.07 Å². The van der Waals surface area contributed by atoms with Crippen LogP contribution in [0.4, 0.5) is 17.1 Å². The fraction of sp³-hybridized carbons (Fsp3) is 0.316. The molecule has 0 saturated carbocycles. The molecular weight excluding hydrogens is 370 g/mol. The van der Waals surface area contributed by atoms with E-state index < -0.39 is 4.92 Å². The lowest BCUT2D eigenvalue weighted by molar-refractivity contribution is -0.384. The lowest BCUT2D eigenvalue weighted by Gasteiger charge is -2.33. The molecule has 2 aromatic carbocycles. The molecule has 1 fully saturated rings. The van der Waals surface area contributed by atoms with E-state index in [9.17, 15) is 14.9 Å². The molecule has 0 bridgehead atoms. The van der Waals surface area contributed by atoms with E-state index in [1.807, 2.05) is 24.3 Å². The van der Waals surface area contributed by atoms with Crippen molar-refractivity contribution in [3.05, 3.63) is 57.6 Å². The third-order valence-electron chi connectivity index (χ3n) is 4.70. The maximum Gasteiger partial charge on any atom is 0.296 e. The lowest BCUT2D eigenvalue weighted by atomic mass is 9.95. The number of carbonyl (C=O) groups excluding carboxylic acids is 1. The van der Waals surface area contributed by atoms with Crippen LogP contribution in [0.2, 0.25) is 5.02 Å². The Kier molecular flexibility index (Phi) is 5.81. The predicted molar refractivity (Wildman–Crippen MR) is 105 cm³/mol. The van der Waals surface area contributed by atoms with Crippen LogP contribution in [0.3, 0.4) is 0 Å². The number of amides is 1. The molecule has 27 heavy (non-hydrogen) atoms. The van der Waals surface area contributed by atoms with Crippen molar-refractivity contribution in [1.82, 2.24) is 0 Å². The predicted octanol–water partition coefficient (Wildman–Crippen LogP) is 4.11. The molecule has 0 radical (unpaired) electrons. The molecule has 7 nitrogen and oxygen atoms in total. The van der Waals surface area contributed by atoms with Gasteiger partial charge in [-0.3, -0.25) is 14.9 Å². The Labute approximate surface area is 162 Å². The number of nitro groups is 1. The highest BCUT2D eigenvalue weighted by Crippen LogP contribution is 2.31. The zero-order valence-corrected chi connectivity index (χ0v) is 15.6. The second-order valence-electron chi connectivity index (χ2n) is 6.37. The van der Waals surface area contributed by atoms with Crippen molar-refractivity contribution in [2.75, 3.05) is 30.4 Å². The molecule has 3 rings (SSSR count). The lowest BCUT2D eigenvalue weighted by Crippen LogP contribution is -2.38. The number of halogens is 1. The first-order chi connectivity index (χ1) is 13.0. The average Bonchev–Trinajstić information content (AvgIpc) is 2.68.